The lowest BCUT2D eigenvalue weighted by Crippen LogP contribution is -2.47. The minimum absolute atomic E-state index is 0.221. The third-order valence-corrected chi connectivity index (χ3v) is 4.68. The van der Waals surface area contributed by atoms with Crippen molar-refractivity contribution in [3.8, 4) is 17.7 Å². The van der Waals surface area contributed by atoms with Crippen molar-refractivity contribution >= 4 is 51.2 Å². The summed E-state index contributed by atoms with van der Waals surface area (Å²) in [6.45, 7) is 5.46. The van der Waals surface area contributed by atoms with E-state index in [0.717, 1.165) is 14.5 Å². The highest BCUT2D eigenvalue weighted by Crippen LogP contribution is 2.26. The first-order valence-corrected chi connectivity index (χ1v) is 9.73. The first kappa shape index (κ1) is 18.9. The molecule has 0 bridgehead atoms. The van der Waals surface area contributed by atoms with Crippen LogP contribution in [0.5, 0.6) is 5.88 Å². The quantitative estimate of drug-likeness (QED) is 0.424. The number of carbonyl (C=O) groups excluding carboxylic acids is 1. The highest BCUT2D eigenvalue weighted by molar-refractivity contribution is 14.1. The number of pyridine rings is 1. The van der Waals surface area contributed by atoms with Gasteiger partial charge in [0.25, 0.3) is 5.91 Å². The largest absolute Gasteiger partial charge is 0.452 e. The number of rotatable bonds is 5. The van der Waals surface area contributed by atoms with Crippen molar-refractivity contribution in [3.63, 3.8) is 0 Å². The summed E-state index contributed by atoms with van der Waals surface area (Å²) in [5.41, 5.74) is -0.455. The van der Waals surface area contributed by atoms with Crippen LogP contribution in [0.1, 0.15) is 20.8 Å². The van der Waals surface area contributed by atoms with Crippen LogP contribution in [0.3, 0.4) is 0 Å². The third-order valence-electron chi connectivity index (χ3n) is 3.17. The molecule has 1 aromatic heterocycles. The lowest BCUT2D eigenvalue weighted by atomic mass is 10.1. The fraction of sp³-hybridized carbons (Fsp3) is 0.333. The molecule has 126 valence electrons. The van der Waals surface area contributed by atoms with Gasteiger partial charge < -0.3 is 10.1 Å². The number of amides is 1. The predicted octanol–water partition coefficient (Wildman–Crippen LogP) is 3.83. The Kier molecular flexibility index (Phi) is 6.35. The summed E-state index contributed by atoms with van der Waals surface area (Å²) in [5.74, 6) is 6.03. The molecule has 0 saturated carbocycles. The van der Waals surface area contributed by atoms with Gasteiger partial charge in [-0.2, -0.15) is 0 Å². The minimum atomic E-state index is -0.690. The molecule has 1 atom stereocenters. The van der Waals surface area contributed by atoms with Crippen molar-refractivity contribution in [3.05, 3.63) is 33.9 Å². The van der Waals surface area contributed by atoms with Crippen molar-refractivity contribution in [2.75, 3.05) is 6.26 Å². The molecule has 24 heavy (non-hydrogen) atoms. The number of benzene rings is 1. The lowest BCUT2D eigenvalue weighted by molar-refractivity contribution is -0.125. The number of halogens is 1. The standard InChI is InChI=1S/C18H19IN2O2S/c1-5-10-18(2,3)21-15(22)17(24-4)23-16-13(19)11-12-8-6-7-9-14(12)20-16/h6-9,11,17H,1-4H3,(H,21,22). The van der Waals surface area contributed by atoms with E-state index >= 15 is 0 Å². The molecule has 1 N–H and O–H groups in total. The number of hydrogen-bond donors (Lipinski definition) is 1. The Morgan fingerprint density at radius 3 is 2.79 bits per heavy atom. The van der Waals surface area contributed by atoms with E-state index in [1.165, 1.54) is 11.8 Å². The highest BCUT2D eigenvalue weighted by atomic mass is 127. The summed E-state index contributed by atoms with van der Waals surface area (Å²) in [7, 11) is 0. The molecule has 0 radical (unpaired) electrons. The van der Waals surface area contributed by atoms with Crippen LogP contribution < -0.4 is 10.1 Å². The Balaban J connectivity index is 2.22. The topological polar surface area (TPSA) is 51.2 Å². The van der Waals surface area contributed by atoms with Gasteiger partial charge >= 0.3 is 0 Å². The third kappa shape index (κ3) is 4.77. The number of hydrogen-bond acceptors (Lipinski definition) is 4. The molecular formula is C18H19IN2O2S. The Morgan fingerprint density at radius 1 is 1.42 bits per heavy atom. The number of carbonyl (C=O) groups is 1. The van der Waals surface area contributed by atoms with Crippen molar-refractivity contribution in [2.24, 2.45) is 0 Å². The normalized spacial score (nSPS) is 12.2. The molecule has 0 aliphatic carbocycles. The number of nitrogens with zero attached hydrogens (tertiary/aromatic N) is 1. The van der Waals surface area contributed by atoms with Gasteiger partial charge in [0, 0.05) is 5.39 Å². The second kappa shape index (κ2) is 8.08. The van der Waals surface area contributed by atoms with Gasteiger partial charge in [-0.1, -0.05) is 24.1 Å². The summed E-state index contributed by atoms with van der Waals surface area (Å²) >= 11 is 3.49. The average molecular weight is 454 g/mol. The number of ether oxygens (including phenoxy) is 1. The summed E-state index contributed by atoms with van der Waals surface area (Å²) < 4.78 is 6.74. The monoisotopic (exact) mass is 454 g/mol. The van der Waals surface area contributed by atoms with Crippen molar-refractivity contribution in [1.29, 1.82) is 0 Å². The maximum atomic E-state index is 12.5. The maximum Gasteiger partial charge on any atom is 0.272 e. The molecule has 0 aliphatic heterocycles. The van der Waals surface area contributed by atoms with Crippen LogP contribution in [0.15, 0.2) is 30.3 Å². The van der Waals surface area contributed by atoms with E-state index in [4.69, 9.17) is 4.74 Å². The van der Waals surface area contributed by atoms with Gasteiger partial charge in [0.2, 0.25) is 11.3 Å². The van der Waals surface area contributed by atoms with Crippen LogP contribution in [-0.4, -0.2) is 28.1 Å². The van der Waals surface area contributed by atoms with E-state index in [1.54, 1.807) is 6.92 Å². The molecule has 0 aliphatic rings. The van der Waals surface area contributed by atoms with Crippen molar-refractivity contribution in [1.82, 2.24) is 10.3 Å². The second-order valence-corrected chi connectivity index (χ2v) is 7.70. The van der Waals surface area contributed by atoms with Crippen molar-refractivity contribution < 1.29 is 9.53 Å². The van der Waals surface area contributed by atoms with Crippen LogP contribution in [0.25, 0.3) is 10.9 Å². The van der Waals surface area contributed by atoms with E-state index in [2.05, 4.69) is 44.7 Å². The number of para-hydroxylation sites is 1. The molecular weight excluding hydrogens is 435 g/mol. The first-order valence-electron chi connectivity index (χ1n) is 7.37. The van der Waals surface area contributed by atoms with Crippen LogP contribution in [0.4, 0.5) is 0 Å². The SMILES string of the molecule is CC#CC(C)(C)NC(=O)C(Oc1nc2ccccc2cc1I)SC. The Labute approximate surface area is 160 Å². The lowest BCUT2D eigenvalue weighted by Gasteiger charge is -2.24. The fourth-order valence-electron chi connectivity index (χ4n) is 2.18. The van der Waals surface area contributed by atoms with E-state index in [1.807, 2.05) is 50.4 Å². The van der Waals surface area contributed by atoms with E-state index in [0.29, 0.717) is 5.88 Å². The molecule has 2 aromatic rings. The van der Waals surface area contributed by atoms with Crippen LogP contribution >= 0.6 is 34.4 Å². The number of fused-ring (bicyclic) bond motifs is 1. The van der Waals surface area contributed by atoms with E-state index in [-0.39, 0.29) is 5.91 Å². The summed E-state index contributed by atoms with van der Waals surface area (Å²) in [4.78, 5) is 17.0. The second-order valence-electron chi connectivity index (χ2n) is 5.64. The van der Waals surface area contributed by atoms with E-state index in [9.17, 15) is 4.79 Å². The van der Waals surface area contributed by atoms with Crippen molar-refractivity contribution in [2.45, 2.75) is 31.7 Å². The zero-order valence-electron chi connectivity index (χ0n) is 14.0. The van der Waals surface area contributed by atoms with Crippen LogP contribution in [0.2, 0.25) is 0 Å². The fourth-order valence-corrected chi connectivity index (χ4v) is 3.22. The molecule has 0 spiro atoms. The minimum Gasteiger partial charge on any atom is -0.452 e. The van der Waals surface area contributed by atoms with E-state index < -0.39 is 11.0 Å². The van der Waals surface area contributed by atoms with Crippen LogP contribution in [0, 0.1) is 15.4 Å². The van der Waals surface area contributed by atoms with Gasteiger partial charge in [-0.05, 0) is 61.8 Å². The molecule has 1 unspecified atom stereocenters. The number of nitrogens with one attached hydrogen (secondary N) is 1. The Hall–Kier alpha value is -1.46. The zero-order valence-corrected chi connectivity index (χ0v) is 17.0. The van der Waals surface area contributed by atoms with Crippen LogP contribution in [-0.2, 0) is 4.79 Å². The average Bonchev–Trinajstić information content (AvgIpc) is 2.52. The molecule has 6 heteroatoms. The van der Waals surface area contributed by atoms with Gasteiger partial charge in [-0.15, -0.1) is 17.7 Å². The molecule has 1 amide bonds. The first-order chi connectivity index (χ1) is 11.4. The van der Waals surface area contributed by atoms with Gasteiger partial charge in [-0.25, -0.2) is 4.98 Å². The zero-order chi connectivity index (χ0) is 17.7. The molecule has 0 saturated heterocycles. The molecule has 1 heterocycles. The van der Waals surface area contributed by atoms with Gasteiger partial charge in [0.1, 0.15) is 0 Å². The summed E-state index contributed by atoms with van der Waals surface area (Å²) in [6, 6.07) is 9.82. The van der Waals surface area contributed by atoms with Gasteiger partial charge in [0.15, 0.2) is 0 Å². The number of thioether (sulfide) groups is 1. The predicted molar refractivity (Wildman–Crippen MR) is 108 cm³/mol. The highest BCUT2D eigenvalue weighted by Gasteiger charge is 2.26. The summed E-state index contributed by atoms with van der Waals surface area (Å²) in [6.07, 6.45) is 1.83. The molecule has 0 fully saturated rings. The summed E-state index contributed by atoms with van der Waals surface area (Å²) in [5, 5.41) is 3.94. The molecule has 1 aromatic carbocycles. The smallest absolute Gasteiger partial charge is 0.272 e. The number of aromatic nitrogens is 1. The van der Waals surface area contributed by atoms with Gasteiger partial charge in [0.05, 0.1) is 14.6 Å². The van der Waals surface area contributed by atoms with Gasteiger partial charge in [-0.3, -0.25) is 4.79 Å². The Morgan fingerprint density at radius 2 is 2.12 bits per heavy atom. The Bertz CT molecular complexity index is 812. The maximum absolute atomic E-state index is 12.5. The molecule has 2 rings (SSSR count). The molecule has 4 nitrogen and oxygen atoms in total.